The van der Waals surface area contributed by atoms with Crippen LogP contribution in [0.2, 0.25) is 0 Å². The van der Waals surface area contributed by atoms with Crippen molar-refractivity contribution in [2.45, 2.75) is 6.54 Å². The van der Waals surface area contributed by atoms with Gasteiger partial charge in [-0.2, -0.15) is 0 Å². The number of aromatic nitrogens is 2. The topological polar surface area (TPSA) is 81.3 Å². The maximum atomic E-state index is 12.2. The monoisotopic (exact) mass is 272 g/mol. The SMILES string of the molecule is COc1cccc(CN(C)C(=O)c2ccc(N)nn2)c1. The number of benzene rings is 1. The summed E-state index contributed by atoms with van der Waals surface area (Å²) in [6, 6.07) is 10.7. The van der Waals surface area contributed by atoms with Crippen molar-refractivity contribution in [3.8, 4) is 5.75 Å². The molecule has 1 amide bonds. The van der Waals surface area contributed by atoms with Gasteiger partial charge in [0.25, 0.3) is 5.91 Å². The fraction of sp³-hybridized carbons (Fsp3) is 0.214. The highest BCUT2D eigenvalue weighted by molar-refractivity contribution is 5.92. The van der Waals surface area contributed by atoms with Gasteiger partial charge in [-0.3, -0.25) is 4.79 Å². The summed E-state index contributed by atoms with van der Waals surface area (Å²) in [4.78, 5) is 13.7. The number of amides is 1. The van der Waals surface area contributed by atoms with Crippen LogP contribution in [0.1, 0.15) is 16.1 Å². The fourth-order valence-electron chi connectivity index (χ4n) is 1.77. The molecule has 0 unspecified atom stereocenters. The molecule has 0 aliphatic carbocycles. The van der Waals surface area contributed by atoms with Crippen LogP contribution < -0.4 is 10.5 Å². The van der Waals surface area contributed by atoms with Crippen LogP contribution in [0.4, 0.5) is 5.82 Å². The molecule has 0 atom stereocenters. The molecule has 2 rings (SSSR count). The number of ether oxygens (including phenoxy) is 1. The number of carbonyl (C=O) groups is 1. The first-order valence-corrected chi connectivity index (χ1v) is 6.08. The third kappa shape index (κ3) is 3.23. The lowest BCUT2D eigenvalue weighted by atomic mass is 10.2. The number of nitrogen functional groups attached to an aromatic ring is 1. The number of rotatable bonds is 4. The highest BCUT2D eigenvalue weighted by atomic mass is 16.5. The highest BCUT2D eigenvalue weighted by Crippen LogP contribution is 2.14. The molecule has 2 N–H and O–H groups in total. The molecule has 20 heavy (non-hydrogen) atoms. The molecule has 2 aromatic rings. The van der Waals surface area contributed by atoms with Crippen LogP contribution in [-0.4, -0.2) is 35.2 Å². The first-order chi connectivity index (χ1) is 9.60. The molecule has 1 heterocycles. The molecule has 0 saturated carbocycles. The van der Waals surface area contributed by atoms with Crippen molar-refractivity contribution in [1.82, 2.24) is 15.1 Å². The van der Waals surface area contributed by atoms with Gasteiger partial charge >= 0.3 is 0 Å². The Morgan fingerprint density at radius 3 is 2.75 bits per heavy atom. The van der Waals surface area contributed by atoms with E-state index >= 15 is 0 Å². The van der Waals surface area contributed by atoms with Crippen molar-refractivity contribution in [3.63, 3.8) is 0 Å². The average molecular weight is 272 g/mol. The van der Waals surface area contributed by atoms with Crippen molar-refractivity contribution < 1.29 is 9.53 Å². The van der Waals surface area contributed by atoms with Gasteiger partial charge in [0, 0.05) is 13.6 Å². The molecule has 1 aromatic heterocycles. The molecule has 0 saturated heterocycles. The lowest BCUT2D eigenvalue weighted by Crippen LogP contribution is -2.27. The van der Waals surface area contributed by atoms with Gasteiger partial charge in [-0.05, 0) is 29.8 Å². The van der Waals surface area contributed by atoms with E-state index < -0.39 is 0 Å². The van der Waals surface area contributed by atoms with Crippen LogP contribution >= 0.6 is 0 Å². The van der Waals surface area contributed by atoms with E-state index in [1.165, 1.54) is 0 Å². The van der Waals surface area contributed by atoms with Gasteiger partial charge < -0.3 is 15.4 Å². The minimum absolute atomic E-state index is 0.208. The predicted octanol–water partition coefficient (Wildman–Crippen LogP) is 1.34. The number of carbonyl (C=O) groups excluding carboxylic acids is 1. The zero-order chi connectivity index (χ0) is 14.5. The lowest BCUT2D eigenvalue weighted by molar-refractivity contribution is 0.0778. The number of methoxy groups -OCH3 is 1. The molecule has 0 spiro atoms. The summed E-state index contributed by atoms with van der Waals surface area (Å²) in [5.41, 5.74) is 6.69. The molecule has 0 fully saturated rings. The summed E-state index contributed by atoms with van der Waals surface area (Å²) >= 11 is 0. The Morgan fingerprint density at radius 1 is 1.30 bits per heavy atom. The molecular weight excluding hydrogens is 256 g/mol. The average Bonchev–Trinajstić information content (AvgIpc) is 2.47. The molecule has 6 heteroatoms. The number of hydrogen-bond donors (Lipinski definition) is 1. The Bertz CT molecular complexity index is 598. The van der Waals surface area contributed by atoms with Crippen molar-refractivity contribution in [2.75, 3.05) is 19.9 Å². The van der Waals surface area contributed by atoms with E-state index in [1.54, 1.807) is 31.2 Å². The maximum absolute atomic E-state index is 12.2. The van der Waals surface area contributed by atoms with Crippen molar-refractivity contribution in [1.29, 1.82) is 0 Å². The lowest BCUT2D eigenvalue weighted by Gasteiger charge is -2.16. The second-order valence-corrected chi connectivity index (χ2v) is 4.36. The van der Waals surface area contributed by atoms with Gasteiger partial charge in [0.05, 0.1) is 7.11 Å². The molecule has 104 valence electrons. The van der Waals surface area contributed by atoms with Crippen molar-refractivity contribution in [3.05, 3.63) is 47.7 Å². The molecule has 0 aliphatic heterocycles. The van der Waals surface area contributed by atoms with Crippen LogP contribution in [-0.2, 0) is 6.54 Å². The first kappa shape index (κ1) is 13.8. The van der Waals surface area contributed by atoms with E-state index in [0.29, 0.717) is 6.54 Å². The molecule has 0 bridgehead atoms. The Labute approximate surface area is 117 Å². The third-order valence-electron chi connectivity index (χ3n) is 2.80. The number of nitrogens with two attached hydrogens (primary N) is 1. The first-order valence-electron chi connectivity index (χ1n) is 6.08. The Morgan fingerprint density at radius 2 is 2.10 bits per heavy atom. The van der Waals surface area contributed by atoms with Crippen LogP contribution in [0.5, 0.6) is 5.75 Å². The molecular formula is C14H16N4O2. The number of hydrogen-bond acceptors (Lipinski definition) is 5. The summed E-state index contributed by atoms with van der Waals surface area (Å²) in [6.45, 7) is 0.460. The predicted molar refractivity (Wildman–Crippen MR) is 75.2 cm³/mol. The summed E-state index contributed by atoms with van der Waals surface area (Å²) in [5, 5.41) is 7.46. The van der Waals surface area contributed by atoms with Gasteiger partial charge in [-0.1, -0.05) is 12.1 Å². The van der Waals surface area contributed by atoms with Crippen LogP contribution in [0, 0.1) is 0 Å². The Kier molecular flexibility index (Phi) is 4.14. The normalized spacial score (nSPS) is 10.1. The highest BCUT2D eigenvalue weighted by Gasteiger charge is 2.14. The van der Waals surface area contributed by atoms with Crippen LogP contribution in [0.25, 0.3) is 0 Å². The largest absolute Gasteiger partial charge is 0.497 e. The smallest absolute Gasteiger partial charge is 0.274 e. The Hall–Kier alpha value is -2.63. The number of nitrogens with zero attached hydrogens (tertiary/aromatic N) is 3. The summed E-state index contributed by atoms with van der Waals surface area (Å²) < 4.78 is 5.16. The summed E-state index contributed by atoms with van der Waals surface area (Å²) in [5.74, 6) is 0.841. The van der Waals surface area contributed by atoms with Gasteiger partial charge in [0.15, 0.2) is 5.69 Å². The fourth-order valence-corrected chi connectivity index (χ4v) is 1.77. The van der Waals surface area contributed by atoms with E-state index in [1.807, 2.05) is 24.3 Å². The van der Waals surface area contributed by atoms with Crippen LogP contribution in [0.15, 0.2) is 36.4 Å². The van der Waals surface area contributed by atoms with Gasteiger partial charge in [0.1, 0.15) is 11.6 Å². The standard InChI is InChI=1S/C14H16N4O2/c1-18(9-10-4-3-5-11(8-10)20-2)14(19)12-6-7-13(15)17-16-12/h3-8H,9H2,1-2H3,(H2,15,17). The molecule has 0 radical (unpaired) electrons. The zero-order valence-corrected chi connectivity index (χ0v) is 11.4. The summed E-state index contributed by atoms with van der Waals surface area (Å²) in [6.07, 6.45) is 0. The van der Waals surface area contributed by atoms with E-state index in [0.717, 1.165) is 11.3 Å². The molecule has 1 aromatic carbocycles. The van der Waals surface area contributed by atoms with Gasteiger partial charge in [0.2, 0.25) is 0 Å². The quantitative estimate of drug-likeness (QED) is 0.908. The van der Waals surface area contributed by atoms with Crippen molar-refractivity contribution >= 4 is 11.7 Å². The zero-order valence-electron chi connectivity index (χ0n) is 11.4. The summed E-state index contributed by atoms with van der Waals surface area (Å²) in [7, 11) is 3.32. The van der Waals surface area contributed by atoms with Gasteiger partial charge in [-0.15, -0.1) is 10.2 Å². The molecule has 6 nitrogen and oxygen atoms in total. The minimum atomic E-state index is -0.208. The Balaban J connectivity index is 2.09. The van der Waals surface area contributed by atoms with E-state index in [2.05, 4.69) is 10.2 Å². The third-order valence-corrected chi connectivity index (χ3v) is 2.80. The minimum Gasteiger partial charge on any atom is -0.497 e. The van der Waals surface area contributed by atoms with E-state index in [4.69, 9.17) is 10.5 Å². The number of anilines is 1. The van der Waals surface area contributed by atoms with E-state index in [9.17, 15) is 4.79 Å². The van der Waals surface area contributed by atoms with Gasteiger partial charge in [-0.25, -0.2) is 0 Å². The van der Waals surface area contributed by atoms with Crippen molar-refractivity contribution in [2.24, 2.45) is 0 Å². The van der Waals surface area contributed by atoms with Crippen LogP contribution in [0.3, 0.4) is 0 Å². The molecule has 0 aliphatic rings. The second kappa shape index (κ2) is 6.01. The maximum Gasteiger partial charge on any atom is 0.274 e. The second-order valence-electron chi connectivity index (χ2n) is 4.36. The van der Waals surface area contributed by atoms with E-state index in [-0.39, 0.29) is 17.4 Å².